The minimum atomic E-state index is -0.237. The Morgan fingerprint density at radius 2 is 1.90 bits per heavy atom. The first kappa shape index (κ1) is 20.8. The number of carbonyl (C=O) groups is 1. The highest BCUT2D eigenvalue weighted by atomic mass is 32.1. The van der Waals surface area contributed by atoms with Crippen molar-refractivity contribution in [2.75, 3.05) is 10.6 Å². The molecule has 3 aromatic heterocycles. The number of rotatable bonds is 7. The second-order valence-electron chi connectivity index (χ2n) is 7.44. The number of anilines is 2. The quantitative estimate of drug-likeness (QED) is 0.411. The molecule has 0 fully saturated rings. The van der Waals surface area contributed by atoms with Crippen LogP contribution >= 0.6 is 11.3 Å². The van der Waals surface area contributed by atoms with E-state index in [1.807, 2.05) is 49.6 Å². The topological polar surface area (TPSA) is 104 Å². The summed E-state index contributed by atoms with van der Waals surface area (Å²) in [6, 6.07) is 9.88. The SMILES string of the molecule is Cc1cccc(C)c1NC(=O)CCc1c(C)nc2nc(NCc3cccs3)[nH]n2c1=O. The Morgan fingerprint density at radius 3 is 2.61 bits per heavy atom. The Kier molecular flexibility index (Phi) is 5.85. The second-order valence-corrected chi connectivity index (χ2v) is 8.47. The highest BCUT2D eigenvalue weighted by Crippen LogP contribution is 2.20. The zero-order valence-corrected chi connectivity index (χ0v) is 18.5. The third-order valence-corrected chi connectivity index (χ3v) is 6.03. The number of hydrogen-bond donors (Lipinski definition) is 3. The average Bonchev–Trinajstić information content (AvgIpc) is 3.39. The van der Waals surface area contributed by atoms with Crippen LogP contribution in [0.2, 0.25) is 0 Å². The highest BCUT2D eigenvalue weighted by Gasteiger charge is 2.15. The summed E-state index contributed by atoms with van der Waals surface area (Å²) < 4.78 is 1.32. The molecule has 4 aromatic rings. The lowest BCUT2D eigenvalue weighted by atomic mass is 10.1. The van der Waals surface area contributed by atoms with Crippen molar-refractivity contribution in [1.82, 2.24) is 19.6 Å². The molecule has 3 N–H and O–H groups in total. The summed E-state index contributed by atoms with van der Waals surface area (Å²) in [6.07, 6.45) is 0.490. The molecule has 3 heterocycles. The largest absolute Gasteiger partial charge is 0.350 e. The van der Waals surface area contributed by atoms with E-state index in [0.29, 0.717) is 35.9 Å². The van der Waals surface area contributed by atoms with E-state index >= 15 is 0 Å². The second kappa shape index (κ2) is 8.73. The van der Waals surface area contributed by atoms with Crippen molar-refractivity contribution >= 4 is 34.7 Å². The molecule has 0 aliphatic heterocycles. The van der Waals surface area contributed by atoms with E-state index in [1.165, 1.54) is 4.52 Å². The van der Waals surface area contributed by atoms with Gasteiger partial charge in [-0.3, -0.25) is 14.7 Å². The number of nitrogens with one attached hydrogen (secondary N) is 3. The molecule has 0 saturated heterocycles. The van der Waals surface area contributed by atoms with E-state index in [4.69, 9.17) is 0 Å². The Morgan fingerprint density at radius 1 is 1.13 bits per heavy atom. The monoisotopic (exact) mass is 436 g/mol. The van der Waals surface area contributed by atoms with Crippen LogP contribution in [0.15, 0.2) is 40.5 Å². The molecule has 0 radical (unpaired) electrons. The number of thiophene rings is 1. The summed E-state index contributed by atoms with van der Waals surface area (Å²) in [6.45, 7) is 6.29. The Balaban J connectivity index is 1.48. The maximum absolute atomic E-state index is 13.0. The van der Waals surface area contributed by atoms with Gasteiger partial charge in [-0.1, -0.05) is 24.3 Å². The van der Waals surface area contributed by atoms with Crippen LogP contribution in [0, 0.1) is 20.8 Å². The predicted molar refractivity (Wildman–Crippen MR) is 123 cm³/mol. The summed E-state index contributed by atoms with van der Waals surface area (Å²) in [5.41, 5.74) is 3.69. The number of hydrogen-bond acceptors (Lipinski definition) is 6. The van der Waals surface area contributed by atoms with Gasteiger partial charge in [0.25, 0.3) is 11.3 Å². The average molecular weight is 437 g/mol. The number of carbonyl (C=O) groups excluding carboxylic acids is 1. The summed E-state index contributed by atoms with van der Waals surface area (Å²) in [5, 5.41) is 11.1. The van der Waals surface area contributed by atoms with Gasteiger partial charge in [0, 0.05) is 22.5 Å². The van der Waals surface area contributed by atoms with Gasteiger partial charge in [0.15, 0.2) is 0 Å². The summed E-state index contributed by atoms with van der Waals surface area (Å²) in [5.74, 6) is 0.645. The normalized spacial score (nSPS) is 11.1. The fraction of sp³-hybridized carbons (Fsp3) is 0.273. The van der Waals surface area contributed by atoms with Gasteiger partial charge in [-0.15, -0.1) is 11.3 Å². The lowest BCUT2D eigenvalue weighted by molar-refractivity contribution is -0.116. The summed E-state index contributed by atoms with van der Waals surface area (Å²) in [7, 11) is 0. The zero-order chi connectivity index (χ0) is 22.0. The maximum atomic E-state index is 13.0. The summed E-state index contributed by atoms with van der Waals surface area (Å²) >= 11 is 1.64. The number of aromatic nitrogens is 4. The molecule has 31 heavy (non-hydrogen) atoms. The molecular weight excluding hydrogens is 412 g/mol. The van der Waals surface area contributed by atoms with Crippen LogP contribution in [0.1, 0.15) is 33.7 Å². The Labute approximate surface area is 183 Å². The van der Waals surface area contributed by atoms with Gasteiger partial charge >= 0.3 is 0 Å². The molecule has 0 atom stereocenters. The van der Waals surface area contributed by atoms with E-state index in [2.05, 4.69) is 25.7 Å². The van der Waals surface area contributed by atoms with Crippen LogP contribution in [0.5, 0.6) is 0 Å². The van der Waals surface area contributed by atoms with Crippen molar-refractivity contribution in [3.05, 3.63) is 73.3 Å². The van der Waals surface area contributed by atoms with E-state index in [1.54, 1.807) is 18.3 Å². The van der Waals surface area contributed by atoms with Crippen molar-refractivity contribution in [3.8, 4) is 0 Å². The van der Waals surface area contributed by atoms with Crippen LogP contribution in [0.3, 0.4) is 0 Å². The standard InChI is InChI=1S/C22H24N6O2S/c1-13-6-4-7-14(2)19(13)25-18(29)10-9-17-15(3)24-22-26-21(27-28(22)20(17)30)23-12-16-8-5-11-31-16/h4-8,11H,9-10,12H2,1-3H3,(H,25,29)(H2,23,24,26,27). The van der Waals surface area contributed by atoms with Crippen LogP contribution in [0.25, 0.3) is 5.78 Å². The van der Waals surface area contributed by atoms with Gasteiger partial charge in [0.1, 0.15) is 0 Å². The number of aromatic amines is 1. The number of aryl methyl sites for hydroxylation is 3. The molecule has 4 rings (SSSR count). The number of H-pyrrole nitrogens is 1. The first-order valence-electron chi connectivity index (χ1n) is 10.0. The number of benzene rings is 1. The third-order valence-electron chi connectivity index (χ3n) is 5.15. The zero-order valence-electron chi connectivity index (χ0n) is 17.7. The molecule has 1 aromatic carbocycles. The first-order valence-corrected chi connectivity index (χ1v) is 10.9. The minimum Gasteiger partial charge on any atom is -0.350 e. The van der Waals surface area contributed by atoms with Crippen molar-refractivity contribution < 1.29 is 4.79 Å². The van der Waals surface area contributed by atoms with E-state index in [-0.39, 0.29) is 17.9 Å². The van der Waals surface area contributed by atoms with Crippen LogP contribution in [-0.4, -0.2) is 25.5 Å². The summed E-state index contributed by atoms with van der Waals surface area (Å²) in [4.78, 5) is 35.4. The van der Waals surface area contributed by atoms with Crippen LogP contribution < -0.4 is 16.2 Å². The predicted octanol–water partition coefficient (Wildman–Crippen LogP) is 3.59. The van der Waals surface area contributed by atoms with E-state index in [0.717, 1.165) is 21.7 Å². The van der Waals surface area contributed by atoms with Gasteiger partial charge in [-0.2, -0.15) is 9.50 Å². The van der Waals surface area contributed by atoms with Crippen molar-refractivity contribution in [1.29, 1.82) is 0 Å². The Bertz CT molecular complexity index is 1270. The van der Waals surface area contributed by atoms with Gasteiger partial charge in [-0.05, 0) is 49.8 Å². The minimum absolute atomic E-state index is 0.135. The van der Waals surface area contributed by atoms with Crippen LogP contribution in [-0.2, 0) is 17.8 Å². The number of amides is 1. The maximum Gasteiger partial charge on any atom is 0.277 e. The molecule has 160 valence electrons. The number of fused-ring (bicyclic) bond motifs is 1. The van der Waals surface area contributed by atoms with Crippen molar-refractivity contribution in [3.63, 3.8) is 0 Å². The molecular formula is C22H24N6O2S. The lowest BCUT2D eigenvalue weighted by Crippen LogP contribution is -2.24. The van der Waals surface area contributed by atoms with Crippen molar-refractivity contribution in [2.45, 2.75) is 40.2 Å². The Hall–Kier alpha value is -3.46. The van der Waals surface area contributed by atoms with E-state index < -0.39 is 0 Å². The lowest BCUT2D eigenvalue weighted by Gasteiger charge is -2.11. The molecule has 1 amide bonds. The molecule has 9 heteroatoms. The van der Waals surface area contributed by atoms with Gasteiger partial charge in [0.05, 0.1) is 12.2 Å². The highest BCUT2D eigenvalue weighted by molar-refractivity contribution is 7.09. The van der Waals surface area contributed by atoms with Gasteiger partial charge < -0.3 is 10.6 Å². The molecule has 0 bridgehead atoms. The molecule has 8 nitrogen and oxygen atoms in total. The van der Waals surface area contributed by atoms with Gasteiger partial charge in [0.2, 0.25) is 11.9 Å². The third kappa shape index (κ3) is 4.51. The fourth-order valence-corrected chi connectivity index (χ4v) is 4.10. The smallest absolute Gasteiger partial charge is 0.277 e. The fourth-order valence-electron chi connectivity index (χ4n) is 3.46. The van der Waals surface area contributed by atoms with E-state index in [9.17, 15) is 9.59 Å². The number of nitrogens with zero attached hydrogens (tertiary/aromatic N) is 3. The van der Waals surface area contributed by atoms with Crippen LogP contribution in [0.4, 0.5) is 11.6 Å². The molecule has 0 spiro atoms. The molecule has 0 saturated carbocycles. The number of para-hydroxylation sites is 1. The molecule has 0 aliphatic carbocycles. The first-order chi connectivity index (χ1) is 14.9. The molecule has 0 aliphatic rings. The van der Waals surface area contributed by atoms with Crippen molar-refractivity contribution in [2.24, 2.45) is 0 Å². The van der Waals surface area contributed by atoms with Gasteiger partial charge in [-0.25, -0.2) is 4.98 Å². The molecule has 0 unspecified atom stereocenters.